The Morgan fingerprint density at radius 3 is 2.69 bits per heavy atom. The van der Waals surface area contributed by atoms with Gasteiger partial charge in [-0.1, -0.05) is 0 Å². The van der Waals surface area contributed by atoms with Crippen LogP contribution >= 0.6 is 11.8 Å². The standard InChI is InChI=1S/C7H14N2O3S/c1-2-9-6(10)4-13-3-5(8)7(11)12/h5H,2-4,8H2,1H3,(H,9,10)(H,11,12)/t5-/m1/s1. The number of carboxylic acids is 1. The number of carboxylic acid groups (broad SMARTS) is 1. The Morgan fingerprint density at radius 2 is 2.23 bits per heavy atom. The Kier molecular flexibility index (Phi) is 6.34. The molecule has 0 aliphatic carbocycles. The average Bonchev–Trinajstić information content (AvgIpc) is 2.04. The number of carbonyl (C=O) groups excluding carboxylic acids is 1. The van der Waals surface area contributed by atoms with E-state index in [0.717, 1.165) is 0 Å². The van der Waals surface area contributed by atoms with E-state index in [0.29, 0.717) is 6.54 Å². The highest BCUT2D eigenvalue weighted by molar-refractivity contribution is 8.00. The summed E-state index contributed by atoms with van der Waals surface area (Å²) in [5, 5.41) is 11.0. The summed E-state index contributed by atoms with van der Waals surface area (Å²) in [6.07, 6.45) is 0. The molecule has 1 amide bonds. The van der Waals surface area contributed by atoms with Crippen LogP contribution in [0, 0.1) is 0 Å². The van der Waals surface area contributed by atoms with E-state index < -0.39 is 12.0 Å². The normalized spacial score (nSPS) is 12.2. The van der Waals surface area contributed by atoms with Crippen LogP contribution in [-0.2, 0) is 9.59 Å². The molecule has 13 heavy (non-hydrogen) atoms. The second-order valence-electron chi connectivity index (χ2n) is 2.41. The maximum atomic E-state index is 10.9. The van der Waals surface area contributed by atoms with Crippen LogP contribution in [0.2, 0.25) is 0 Å². The van der Waals surface area contributed by atoms with Crippen molar-refractivity contribution in [3.8, 4) is 0 Å². The first-order valence-corrected chi connectivity index (χ1v) is 5.06. The van der Waals surface area contributed by atoms with Gasteiger partial charge in [-0.15, -0.1) is 11.8 Å². The van der Waals surface area contributed by atoms with Gasteiger partial charge in [0.1, 0.15) is 6.04 Å². The fraction of sp³-hybridized carbons (Fsp3) is 0.714. The van der Waals surface area contributed by atoms with Crippen LogP contribution in [0.3, 0.4) is 0 Å². The van der Waals surface area contributed by atoms with Crippen molar-refractivity contribution in [2.45, 2.75) is 13.0 Å². The van der Waals surface area contributed by atoms with Crippen LogP contribution in [0.15, 0.2) is 0 Å². The molecule has 0 bridgehead atoms. The summed E-state index contributed by atoms with van der Waals surface area (Å²) >= 11 is 1.22. The third kappa shape index (κ3) is 6.41. The summed E-state index contributed by atoms with van der Waals surface area (Å²) < 4.78 is 0. The summed E-state index contributed by atoms with van der Waals surface area (Å²) in [6, 6.07) is -0.889. The van der Waals surface area contributed by atoms with E-state index in [4.69, 9.17) is 10.8 Å². The van der Waals surface area contributed by atoms with Gasteiger partial charge in [0.2, 0.25) is 5.91 Å². The maximum Gasteiger partial charge on any atom is 0.321 e. The molecule has 1 atom stereocenters. The Hall–Kier alpha value is -0.750. The van der Waals surface area contributed by atoms with E-state index in [2.05, 4.69) is 5.32 Å². The third-order valence-electron chi connectivity index (χ3n) is 1.22. The molecule has 76 valence electrons. The van der Waals surface area contributed by atoms with Gasteiger partial charge in [-0.2, -0.15) is 0 Å². The zero-order valence-corrected chi connectivity index (χ0v) is 8.26. The van der Waals surface area contributed by atoms with Crippen molar-refractivity contribution in [2.24, 2.45) is 5.73 Å². The number of amides is 1. The highest BCUT2D eigenvalue weighted by Crippen LogP contribution is 2.00. The smallest absolute Gasteiger partial charge is 0.321 e. The minimum absolute atomic E-state index is 0.0925. The monoisotopic (exact) mass is 206 g/mol. The number of nitrogens with two attached hydrogens (primary N) is 1. The van der Waals surface area contributed by atoms with Crippen molar-refractivity contribution in [2.75, 3.05) is 18.1 Å². The summed E-state index contributed by atoms with van der Waals surface area (Å²) in [4.78, 5) is 21.1. The molecule has 0 unspecified atom stereocenters. The van der Waals surface area contributed by atoms with Gasteiger partial charge in [-0.3, -0.25) is 9.59 Å². The molecule has 0 fully saturated rings. The van der Waals surface area contributed by atoms with Crippen LogP contribution < -0.4 is 11.1 Å². The molecular weight excluding hydrogens is 192 g/mol. The summed E-state index contributed by atoms with van der Waals surface area (Å²) in [7, 11) is 0. The van der Waals surface area contributed by atoms with Gasteiger partial charge in [-0.05, 0) is 6.92 Å². The number of thioether (sulfide) groups is 1. The number of nitrogens with one attached hydrogen (secondary N) is 1. The average molecular weight is 206 g/mol. The molecule has 0 aromatic carbocycles. The van der Waals surface area contributed by atoms with Gasteiger partial charge >= 0.3 is 5.97 Å². The SMILES string of the molecule is CCNC(=O)CSC[C@@H](N)C(=O)O. The number of carbonyl (C=O) groups is 2. The number of rotatable bonds is 6. The summed E-state index contributed by atoms with van der Waals surface area (Å²) in [5.74, 6) is -0.616. The first-order chi connectivity index (χ1) is 6.07. The predicted molar refractivity (Wildman–Crippen MR) is 51.6 cm³/mol. The molecule has 0 saturated carbocycles. The van der Waals surface area contributed by atoms with Gasteiger partial charge < -0.3 is 16.2 Å². The number of aliphatic carboxylic acids is 1. The molecule has 0 saturated heterocycles. The van der Waals surface area contributed by atoms with Crippen molar-refractivity contribution in [3.63, 3.8) is 0 Å². The Morgan fingerprint density at radius 1 is 1.62 bits per heavy atom. The summed E-state index contributed by atoms with van der Waals surface area (Å²) in [5.41, 5.74) is 5.22. The molecule has 6 heteroatoms. The van der Waals surface area contributed by atoms with E-state index in [-0.39, 0.29) is 17.4 Å². The molecule has 0 heterocycles. The highest BCUT2D eigenvalue weighted by Gasteiger charge is 2.11. The second-order valence-corrected chi connectivity index (χ2v) is 3.44. The molecule has 0 spiro atoms. The lowest BCUT2D eigenvalue weighted by atomic mass is 10.4. The number of hydrogen-bond donors (Lipinski definition) is 3. The lowest BCUT2D eigenvalue weighted by molar-refractivity contribution is -0.137. The van der Waals surface area contributed by atoms with Crippen molar-refractivity contribution in [1.29, 1.82) is 0 Å². The van der Waals surface area contributed by atoms with Gasteiger partial charge in [0.05, 0.1) is 5.75 Å². The topological polar surface area (TPSA) is 92.4 Å². The number of hydrogen-bond acceptors (Lipinski definition) is 4. The molecule has 0 aromatic rings. The molecule has 0 aliphatic rings. The van der Waals surface area contributed by atoms with Crippen molar-refractivity contribution < 1.29 is 14.7 Å². The largest absolute Gasteiger partial charge is 0.480 e. The first kappa shape index (κ1) is 12.2. The van der Waals surface area contributed by atoms with Gasteiger partial charge in [0, 0.05) is 12.3 Å². The molecule has 0 aromatic heterocycles. The lowest BCUT2D eigenvalue weighted by Gasteiger charge is -2.05. The van der Waals surface area contributed by atoms with Crippen molar-refractivity contribution in [3.05, 3.63) is 0 Å². The maximum absolute atomic E-state index is 10.9. The fourth-order valence-electron chi connectivity index (χ4n) is 0.598. The quantitative estimate of drug-likeness (QED) is 0.532. The lowest BCUT2D eigenvalue weighted by Crippen LogP contribution is -2.33. The molecule has 5 nitrogen and oxygen atoms in total. The van der Waals surface area contributed by atoms with E-state index in [1.54, 1.807) is 0 Å². The first-order valence-electron chi connectivity index (χ1n) is 3.90. The van der Waals surface area contributed by atoms with Crippen molar-refractivity contribution >= 4 is 23.6 Å². The minimum Gasteiger partial charge on any atom is -0.480 e. The van der Waals surface area contributed by atoms with Crippen LogP contribution in [0.1, 0.15) is 6.92 Å². The molecule has 0 radical (unpaired) electrons. The Balaban J connectivity index is 3.44. The third-order valence-corrected chi connectivity index (χ3v) is 2.28. The Labute approximate surface area is 81.1 Å². The predicted octanol–water partition coefficient (Wildman–Crippen LogP) is -0.732. The van der Waals surface area contributed by atoms with Crippen LogP contribution in [0.4, 0.5) is 0 Å². The molecular formula is C7H14N2O3S. The summed E-state index contributed by atoms with van der Waals surface area (Å²) in [6.45, 7) is 2.41. The van der Waals surface area contributed by atoms with Crippen LogP contribution in [0.5, 0.6) is 0 Å². The molecule has 4 N–H and O–H groups in total. The molecule has 0 rings (SSSR count). The van der Waals surface area contributed by atoms with E-state index >= 15 is 0 Å². The van der Waals surface area contributed by atoms with Crippen LogP contribution in [-0.4, -0.2) is 41.1 Å². The van der Waals surface area contributed by atoms with E-state index in [1.165, 1.54) is 11.8 Å². The molecule has 0 aliphatic heterocycles. The Bertz CT molecular complexity index is 187. The van der Waals surface area contributed by atoms with E-state index in [1.807, 2.05) is 6.92 Å². The fourth-order valence-corrected chi connectivity index (χ4v) is 1.40. The van der Waals surface area contributed by atoms with Crippen molar-refractivity contribution in [1.82, 2.24) is 5.32 Å². The zero-order valence-electron chi connectivity index (χ0n) is 7.45. The minimum atomic E-state index is -1.04. The van der Waals surface area contributed by atoms with Crippen LogP contribution in [0.25, 0.3) is 0 Å². The highest BCUT2D eigenvalue weighted by atomic mass is 32.2. The van der Waals surface area contributed by atoms with Gasteiger partial charge in [-0.25, -0.2) is 0 Å². The zero-order chi connectivity index (χ0) is 10.3. The second kappa shape index (κ2) is 6.73. The van der Waals surface area contributed by atoms with E-state index in [9.17, 15) is 9.59 Å². The van der Waals surface area contributed by atoms with Gasteiger partial charge in [0.25, 0.3) is 0 Å². The van der Waals surface area contributed by atoms with Gasteiger partial charge in [0.15, 0.2) is 0 Å².